The zero-order valence-corrected chi connectivity index (χ0v) is 10.4. The van der Waals surface area contributed by atoms with Crippen LogP contribution in [0.2, 0.25) is 0 Å². The van der Waals surface area contributed by atoms with Crippen LogP contribution in [0, 0.1) is 0 Å². The second kappa shape index (κ2) is 5.01. The standard InChI is InChI=1S/C11H17N3O2S/c12-8-9-4-3-7-11(13-9)14-17(15,16)10-5-1-2-6-10/h3-4,7,10H,1-2,5-6,8,12H2,(H,13,14). The van der Waals surface area contributed by atoms with Gasteiger partial charge in [-0.05, 0) is 25.0 Å². The Balaban J connectivity index is 2.13. The van der Waals surface area contributed by atoms with Crippen LogP contribution in [-0.4, -0.2) is 18.7 Å². The third kappa shape index (κ3) is 2.95. The number of rotatable bonds is 4. The summed E-state index contributed by atoms with van der Waals surface area (Å²) in [5.74, 6) is 0.361. The van der Waals surface area contributed by atoms with Crippen molar-refractivity contribution in [3.63, 3.8) is 0 Å². The molecule has 0 radical (unpaired) electrons. The topological polar surface area (TPSA) is 85.1 Å². The van der Waals surface area contributed by atoms with Crippen LogP contribution in [0.3, 0.4) is 0 Å². The first-order valence-electron chi connectivity index (χ1n) is 5.79. The summed E-state index contributed by atoms with van der Waals surface area (Å²) in [6, 6.07) is 5.17. The molecule has 0 saturated heterocycles. The highest BCUT2D eigenvalue weighted by Crippen LogP contribution is 2.25. The van der Waals surface area contributed by atoms with Gasteiger partial charge in [0.05, 0.1) is 10.9 Å². The molecule has 6 heteroatoms. The molecule has 0 aromatic carbocycles. The molecule has 5 nitrogen and oxygen atoms in total. The van der Waals surface area contributed by atoms with E-state index < -0.39 is 10.0 Å². The van der Waals surface area contributed by atoms with Crippen molar-refractivity contribution in [1.29, 1.82) is 0 Å². The van der Waals surface area contributed by atoms with Crippen LogP contribution in [0.5, 0.6) is 0 Å². The number of nitrogens with one attached hydrogen (secondary N) is 1. The second-order valence-electron chi connectivity index (χ2n) is 4.27. The maximum absolute atomic E-state index is 12.0. The molecule has 1 heterocycles. The van der Waals surface area contributed by atoms with E-state index in [-0.39, 0.29) is 5.25 Å². The van der Waals surface area contributed by atoms with Crippen molar-refractivity contribution in [3.8, 4) is 0 Å². The Morgan fingerprint density at radius 2 is 2.06 bits per heavy atom. The van der Waals surface area contributed by atoms with Crippen molar-refractivity contribution in [2.24, 2.45) is 5.73 Å². The van der Waals surface area contributed by atoms with Gasteiger partial charge in [0.25, 0.3) is 0 Å². The van der Waals surface area contributed by atoms with E-state index in [4.69, 9.17) is 5.73 Å². The monoisotopic (exact) mass is 255 g/mol. The summed E-state index contributed by atoms with van der Waals surface area (Å²) in [6.07, 6.45) is 3.46. The summed E-state index contributed by atoms with van der Waals surface area (Å²) in [5.41, 5.74) is 6.14. The van der Waals surface area contributed by atoms with Crippen LogP contribution in [0.1, 0.15) is 31.4 Å². The van der Waals surface area contributed by atoms with E-state index in [0.29, 0.717) is 18.1 Å². The van der Waals surface area contributed by atoms with Gasteiger partial charge in [-0.25, -0.2) is 13.4 Å². The summed E-state index contributed by atoms with van der Waals surface area (Å²) in [5, 5.41) is -0.272. The maximum atomic E-state index is 12.0. The average molecular weight is 255 g/mol. The quantitative estimate of drug-likeness (QED) is 0.847. The summed E-state index contributed by atoms with van der Waals surface area (Å²) < 4.78 is 26.6. The maximum Gasteiger partial charge on any atom is 0.236 e. The molecule has 1 saturated carbocycles. The summed E-state index contributed by atoms with van der Waals surface area (Å²) in [6.45, 7) is 0.305. The van der Waals surface area contributed by atoms with Gasteiger partial charge in [0.1, 0.15) is 5.82 Å². The van der Waals surface area contributed by atoms with E-state index in [1.54, 1.807) is 18.2 Å². The van der Waals surface area contributed by atoms with Crippen molar-refractivity contribution < 1.29 is 8.42 Å². The van der Waals surface area contributed by atoms with Gasteiger partial charge in [-0.15, -0.1) is 0 Å². The Bertz CT molecular complexity index is 481. The lowest BCUT2D eigenvalue weighted by Gasteiger charge is -2.13. The molecule has 0 bridgehead atoms. The van der Waals surface area contributed by atoms with Gasteiger partial charge in [-0.1, -0.05) is 18.9 Å². The fourth-order valence-corrected chi connectivity index (χ4v) is 3.60. The Morgan fingerprint density at radius 1 is 1.35 bits per heavy atom. The van der Waals surface area contributed by atoms with Crippen molar-refractivity contribution in [3.05, 3.63) is 23.9 Å². The van der Waals surface area contributed by atoms with E-state index in [1.165, 1.54) is 0 Å². The van der Waals surface area contributed by atoms with Gasteiger partial charge in [-0.3, -0.25) is 4.72 Å². The minimum absolute atomic E-state index is 0.272. The second-order valence-corrected chi connectivity index (χ2v) is 6.23. The molecular formula is C11H17N3O2S. The number of hydrogen-bond donors (Lipinski definition) is 2. The van der Waals surface area contributed by atoms with Gasteiger partial charge in [0.2, 0.25) is 10.0 Å². The molecule has 1 aromatic rings. The normalized spacial score (nSPS) is 17.2. The molecule has 3 N–H and O–H groups in total. The minimum Gasteiger partial charge on any atom is -0.325 e. The van der Waals surface area contributed by atoms with E-state index in [0.717, 1.165) is 25.7 Å². The summed E-state index contributed by atoms with van der Waals surface area (Å²) in [4.78, 5) is 4.13. The van der Waals surface area contributed by atoms with Gasteiger partial charge < -0.3 is 5.73 Å². The number of nitrogens with zero attached hydrogens (tertiary/aromatic N) is 1. The lowest BCUT2D eigenvalue weighted by molar-refractivity contribution is 0.585. The largest absolute Gasteiger partial charge is 0.325 e. The van der Waals surface area contributed by atoms with Crippen LogP contribution in [0.4, 0.5) is 5.82 Å². The fraction of sp³-hybridized carbons (Fsp3) is 0.545. The predicted molar refractivity (Wildman–Crippen MR) is 66.9 cm³/mol. The molecule has 0 amide bonds. The summed E-state index contributed by atoms with van der Waals surface area (Å²) >= 11 is 0. The molecule has 17 heavy (non-hydrogen) atoms. The Hall–Kier alpha value is -1.14. The predicted octanol–water partition coefficient (Wildman–Crippen LogP) is 1.22. The van der Waals surface area contributed by atoms with E-state index in [9.17, 15) is 8.42 Å². The smallest absolute Gasteiger partial charge is 0.236 e. The molecule has 1 aliphatic carbocycles. The zero-order valence-electron chi connectivity index (χ0n) is 9.59. The first-order valence-corrected chi connectivity index (χ1v) is 7.34. The molecule has 0 unspecified atom stereocenters. The van der Waals surface area contributed by atoms with Crippen LogP contribution in [0.15, 0.2) is 18.2 Å². The Morgan fingerprint density at radius 3 is 2.71 bits per heavy atom. The number of hydrogen-bond acceptors (Lipinski definition) is 4. The molecule has 0 atom stereocenters. The molecule has 94 valence electrons. The third-order valence-corrected chi connectivity index (χ3v) is 4.85. The van der Waals surface area contributed by atoms with Crippen molar-refractivity contribution in [2.45, 2.75) is 37.5 Å². The van der Waals surface area contributed by atoms with Crippen molar-refractivity contribution in [1.82, 2.24) is 4.98 Å². The third-order valence-electron chi connectivity index (χ3n) is 3.00. The van der Waals surface area contributed by atoms with Crippen LogP contribution in [0.25, 0.3) is 0 Å². The van der Waals surface area contributed by atoms with Crippen LogP contribution in [-0.2, 0) is 16.6 Å². The highest BCUT2D eigenvalue weighted by molar-refractivity contribution is 7.93. The zero-order chi connectivity index (χ0) is 12.3. The molecule has 0 spiro atoms. The van der Waals surface area contributed by atoms with Crippen LogP contribution >= 0.6 is 0 Å². The number of pyridine rings is 1. The van der Waals surface area contributed by atoms with Gasteiger partial charge in [0.15, 0.2) is 0 Å². The van der Waals surface area contributed by atoms with Gasteiger partial charge >= 0.3 is 0 Å². The first kappa shape index (κ1) is 12.3. The number of aromatic nitrogens is 1. The van der Waals surface area contributed by atoms with Crippen molar-refractivity contribution in [2.75, 3.05) is 4.72 Å². The number of anilines is 1. The Kier molecular flexibility index (Phi) is 3.63. The first-order chi connectivity index (χ1) is 8.12. The number of sulfonamides is 1. The summed E-state index contributed by atoms with van der Waals surface area (Å²) in [7, 11) is -3.29. The van der Waals surface area contributed by atoms with Gasteiger partial charge in [0, 0.05) is 6.54 Å². The van der Waals surface area contributed by atoms with E-state index in [2.05, 4.69) is 9.71 Å². The molecule has 1 aromatic heterocycles. The van der Waals surface area contributed by atoms with E-state index in [1.807, 2.05) is 0 Å². The van der Waals surface area contributed by atoms with E-state index >= 15 is 0 Å². The molecule has 1 aliphatic rings. The SMILES string of the molecule is NCc1cccc(NS(=O)(=O)C2CCCC2)n1. The fourth-order valence-electron chi connectivity index (χ4n) is 2.08. The van der Waals surface area contributed by atoms with Crippen molar-refractivity contribution >= 4 is 15.8 Å². The molecular weight excluding hydrogens is 238 g/mol. The van der Waals surface area contributed by atoms with Gasteiger partial charge in [-0.2, -0.15) is 0 Å². The molecule has 0 aliphatic heterocycles. The van der Waals surface area contributed by atoms with Crippen LogP contribution < -0.4 is 10.5 Å². The lowest BCUT2D eigenvalue weighted by Crippen LogP contribution is -2.25. The highest BCUT2D eigenvalue weighted by atomic mass is 32.2. The minimum atomic E-state index is -3.29. The Labute approximate surface area is 101 Å². The average Bonchev–Trinajstić information content (AvgIpc) is 2.83. The number of nitrogens with two attached hydrogens (primary N) is 1. The molecule has 2 rings (SSSR count). The molecule has 1 fully saturated rings. The highest BCUT2D eigenvalue weighted by Gasteiger charge is 2.28. The lowest BCUT2D eigenvalue weighted by atomic mass is 10.3.